The lowest BCUT2D eigenvalue weighted by atomic mass is 10.1. The fourth-order valence-electron chi connectivity index (χ4n) is 2.44. The Labute approximate surface area is 175 Å². The number of carbonyl (C=O) groups excluding carboxylic acids is 1. The number of amides is 1. The molecule has 1 heterocycles. The molecule has 1 amide bonds. The standard InChI is InChI=1S/C19H17N9O3/c20-8-9-4-5-12(7-13(9)16(23)29)30-17-14(21)15(22)27-19(28-17)31-11-3-1-2-10(6-11)26-18(24)25/h1-7H,21H2,(H2,23,29)(H2,22,27,28)(H4,24,25,26). The van der Waals surface area contributed by atoms with E-state index in [1.54, 1.807) is 24.3 Å². The summed E-state index contributed by atoms with van der Waals surface area (Å²) in [6.45, 7) is 0. The largest absolute Gasteiger partial charge is 0.437 e. The fourth-order valence-corrected chi connectivity index (χ4v) is 2.44. The van der Waals surface area contributed by atoms with Gasteiger partial charge in [0, 0.05) is 6.07 Å². The maximum absolute atomic E-state index is 11.6. The van der Waals surface area contributed by atoms with Gasteiger partial charge in [0.05, 0.1) is 22.9 Å². The summed E-state index contributed by atoms with van der Waals surface area (Å²) in [5, 5.41) is 9.08. The minimum atomic E-state index is -0.790. The average molecular weight is 419 g/mol. The number of benzene rings is 2. The van der Waals surface area contributed by atoms with Crippen LogP contribution in [0.2, 0.25) is 0 Å². The highest BCUT2D eigenvalue weighted by Gasteiger charge is 2.16. The van der Waals surface area contributed by atoms with Crippen molar-refractivity contribution in [1.29, 1.82) is 5.26 Å². The Kier molecular flexibility index (Phi) is 5.69. The van der Waals surface area contributed by atoms with Crippen LogP contribution in [-0.2, 0) is 0 Å². The van der Waals surface area contributed by atoms with E-state index in [1.165, 1.54) is 18.2 Å². The number of aliphatic imine (C=N–C) groups is 1. The molecule has 12 nitrogen and oxygen atoms in total. The Morgan fingerprint density at radius 2 is 1.74 bits per heavy atom. The SMILES string of the molecule is N#Cc1ccc(Oc2nc(Oc3cccc(N=C(N)N)c3)nc(N)c2N)cc1C(N)=O. The van der Waals surface area contributed by atoms with Crippen molar-refractivity contribution in [2.45, 2.75) is 0 Å². The summed E-state index contributed by atoms with van der Waals surface area (Å²) < 4.78 is 11.2. The van der Waals surface area contributed by atoms with Crippen LogP contribution in [0.25, 0.3) is 0 Å². The number of aromatic nitrogens is 2. The normalized spacial score (nSPS) is 10.0. The number of ether oxygens (including phenoxy) is 2. The van der Waals surface area contributed by atoms with Crippen LogP contribution in [0, 0.1) is 11.3 Å². The number of nitrogens with two attached hydrogens (primary N) is 5. The Balaban J connectivity index is 1.92. The summed E-state index contributed by atoms with van der Waals surface area (Å²) in [6, 6.07) is 12.3. The van der Waals surface area contributed by atoms with E-state index in [2.05, 4.69) is 15.0 Å². The number of carbonyl (C=O) groups is 1. The van der Waals surface area contributed by atoms with Gasteiger partial charge in [-0.2, -0.15) is 15.2 Å². The van der Waals surface area contributed by atoms with Gasteiger partial charge in [0.2, 0.25) is 5.91 Å². The molecule has 0 aliphatic heterocycles. The monoisotopic (exact) mass is 419 g/mol. The van der Waals surface area contributed by atoms with Gasteiger partial charge in [-0.05, 0) is 30.3 Å². The number of hydrogen-bond acceptors (Lipinski definition) is 9. The van der Waals surface area contributed by atoms with Crippen LogP contribution in [0.4, 0.5) is 17.2 Å². The summed E-state index contributed by atoms with van der Waals surface area (Å²) in [5.41, 5.74) is 28.3. The average Bonchev–Trinajstić information content (AvgIpc) is 2.71. The van der Waals surface area contributed by atoms with Crippen molar-refractivity contribution in [2.24, 2.45) is 22.2 Å². The molecule has 0 bridgehead atoms. The van der Waals surface area contributed by atoms with Gasteiger partial charge in [0.1, 0.15) is 17.2 Å². The molecule has 3 rings (SSSR count). The van der Waals surface area contributed by atoms with E-state index in [9.17, 15) is 4.79 Å². The first-order valence-corrected chi connectivity index (χ1v) is 8.59. The number of nitriles is 1. The van der Waals surface area contributed by atoms with Crippen LogP contribution >= 0.6 is 0 Å². The molecule has 0 radical (unpaired) electrons. The smallest absolute Gasteiger partial charge is 0.327 e. The predicted octanol–water partition coefficient (Wildman–Crippen LogP) is 1.10. The summed E-state index contributed by atoms with van der Waals surface area (Å²) in [6.07, 6.45) is 0. The van der Waals surface area contributed by atoms with Crippen molar-refractivity contribution in [3.8, 4) is 29.5 Å². The van der Waals surface area contributed by atoms with Crippen LogP contribution in [0.1, 0.15) is 15.9 Å². The Morgan fingerprint density at radius 3 is 2.42 bits per heavy atom. The van der Waals surface area contributed by atoms with E-state index < -0.39 is 5.91 Å². The van der Waals surface area contributed by atoms with Gasteiger partial charge in [-0.1, -0.05) is 6.07 Å². The molecule has 3 aromatic rings. The highest BCUT2D eigenvalue weighted by molar-refractivity contribution is 5.95. The molecule has 0 saturated carbocycles. The van der Waals surface area contributed by atoms with Gasteiger partial charge >= 0.3 is 6.01 Å². The van der Waals surface area contributed by atoms with E-state index in [0.29, 0.717) is 11.4 Å². The quantitative estimate of drug-likeness (QED) is 0.282. The van der Waals surface area contributed by atoms with E-state index >= 15 is 0 Å². The number of rotatable bonds is 6. The lowest BCUT2D eigenvalue weighted by molar-refractivity contribution is 0.0999. The van der Waals surface area contributed by atoms with Gasteiger partial charge in [-0.25, -0.2) is 4.99 Å². The number of anilines is 2. The molecule has 1 aromatic heterocycles. The highest BCUT2D eigenvalue weighted by atomic mass is 16.5. The van der Waals surface area contributed by atoms with Crippen LogP contribution in [-0.4, -0.2) is 21.8 Å². The molecular formula is C19H17N9O3. The topological polar surface area (TPSA) is 228 Å². The molecular weight excluding hydrogens is 402 g/mol. The van der Waals surface area contributed by atoms with Gasteiger partial charge in [0.15, 0.2) is 11.8 Å². The molecule has 0 unspecified atom stereocenters. The van der Waals surface area contributed by atoms with Crippen LogP contribution < -0.4 is 38.1 Å². The minimum Gasteiger partial charge on any atom is -0.437 e. The first-order chi connectivity index (χ1) is 14.8. The second-order valence-corrected chi connectivity index (χ2v) is 6.03. The number of primary amides is 1. The number of nitrogens with zero attached hydrogens (tertiary/aromatic N) is 4. The Hall–Kier alpha value is -5.05. The summed E-state index contributed by atoms with van der Waals surface area (Å²) in [7, 11) is 0. The fraction of sp³-hybridized carbons (Fsp3) is 0. The van der Waals surface area contributed by atoms with Crippen molar-refractivity contribution in [3.05, 3.63) is 53.6 Å². The predicted molar refractivity (Wildman–Crippen MR) is 113 cm³/mol. The first kappa shape index (κ1) is 20.7. The summed E-state index contributed by atoms with van der Waals surface area (Å²) >= 11 is 0. The first-order valence-electron chi connectivity index (χ1n) is 8.59. The molecule has 156 valence electrons. The number of guanidine groups is 1. The Bertz CT molecular complexity index is 1230. The van der Waals surface area contributed by atoms with E-state index in [1.807, 2.05) is 6.07 Å². The summed E-state index contributed by atoms with van der Waals surface area (Å²) in [5.74, 6) is -0.641. The van der Waals surface area contributed by atoms with Gasteiger partial charge < -0.3 is 38.1 Å². The van der Waals surface area contributed by atoms with Gasteiger partial charge in [-0.3, -0.25) is 4.79 Å². The van der Waals surface area contributed by atoms with Gasteiger partial charge in [0.25, 0.3) is 5.88 Å². The molecule has 0 saturated heterocycles. The second-order valence-electron chi connectivity index (χ2n) is 6.03. The van der Waals surface area contributed by atoms with E-state index in [4.69, 9.17) is 43.4 Å². The maximum Gasteiger partial charge on any atom is 0.327 e. The van der Waals surface area contributed by atoms with Crippen molar-refractivity contribution < 1.29 is 14.3 Å². The molecule has 0 spiro atoms. The van der Waals surface area contributed by atoms with Crippen LogP contribution in [0.3, 0.4) is 0 Å². The molecule has 0 aliphatic carbocycles. The summed E-state index contributed by atoms with van der Waals surface area (Å²) in [4.78, 5) is 23.6. The third-order valence-corrected chi connectivity index (χ3v) is 3.80. The van der Waals surface area contributed by atoms with E-state index in [0.717, 1.165) is 0 Å². The zero-order valence-corrected chi connectivity index (χ0v) is 15.9. The van der Waals surface area contributed by atoms with Crippen molar-refractivity contribution >= 4 is 29.1 Å². The van der Waals surface area contributed by atoms with Crippen LogP contribution in [0.5, 0.6) is 23.4 Å². The van der Waals surface area contributed by atoms with Crippen molar-refractivity contribution in [2.75, 3.05) is 11.5 Å². The van der Waals surface area contributed by atoms with Crippen LogP contribution in [0.15, 0.2) is 47.5 Å². The lowest BCUT2D eigenvalue weighted by Gasteiger charge is -2.12. The Morgan fingerprint density at radius 1 is 1.00 bits per heavy atom. The number of nitrogen functional groups attached to an aromatic ring is 2. The minimum absolute atomic E-state index is 0.0198. The zero-order valence-electron chi connectivity index (χ0n) is 15.9. The molecule has 12 heteroatoms. The second kappa shape index (κ2) is 8.53. The van der Waals surface area contributed by atoms with Gasteiger partial charge in [-0.15, -0.1) is 0 Å². The molecule has 0 atom stereocenters. The zero-order chi connectivity index (χ0) is 22.5. The molecule has 31 heavy (non-hydrogen) atoms. The molecule has 10 N–H and O–H groups in total. The molecule has 0 fully saturated rings. The van der Waals surface area contributed by atoms with Crippen molar-refractivity contribution in [1.82, 2.24) is 9.97 Å². The molecule has 0 aliphatic rings. The third-order valence-electron chi connectivity index (χ3n) is 3.80. The van der Waals surface area contributed by atoms with E-state index in [-0.39, 0.29) is 46.2 Å². The lowest BCUT2D eigenvalue weighted by Crippen LogP contribution is -2.21. The number of hydrogen-bond donors (Lipinski definition) is 5. The molecule has 2 aromatic carbocycles. The highest BCUT2D eigenvalue weighted by Crippen LogP contribution is 2.33. The van der Waals surface area contributed by atoms with Crippen molar-refractivity contribution in [3.63, 3.8) is 0 Å². The maximum atomic E-state index is 11.6. The third kappa shape index (κ3) is 4.87.